The minimum absolute atomic E-state index is 0.193. The van der Waals surface area contributed by atoms with Crippen LogP contribution in [0.1, 0.15) is 10.4 Å². The van der Waals surface area contributed by atoms with Crippen LogP contribution in [0.3, 0.4) is 0 Å². The number of nitro groups is 1. The number of carbonyl (C=O) groups is 1. The Kier molecular flexibility index (Phi) is 3.74. The molecule has 0 aliphatic rings. The molecule has 0 heterocycles. The summed E-state index contributed by atoms with van der Waals surface area (Å²) in [5.74, 6) is -1.51. The maximum absolute atomic E-state index is 11.9. The lowest BCUT2D eigenvalue weighted by Crippen LogP contribution is -2.20. The molecule has 0 aliphatic heterocycles. The molecule has 2 N–H and O–H groups in total. The summed E-state index contributed by atoms with van der Waals surface area (Å²) in [5, 5.41) is 10.6. The Morgan fingerprint density at radius 2 is 2.06 bits per heavy atom. The summed E-state index contributed by atoms with van der Waals surface area (Å²) in [4.78, 5) is 20.4. The fourth-order valence-corrected chi connectivity index (χ4v) is 1.09. The second-order valence-electron chi connectivity index (χ2n) is 3.21. The molecule has 0 aromatic heterocycles. The van der Waals surface area contributed by atoms with Crippen molar-refractivity contribution in [1.29, 1.82) is 0 Å². The molecule has 18 heavy (non-hydrogen) atoms. The predicted molar refractivity (Wildman–Crippen MR) is 53.2 cm³/mol. The minimum atomic E-state index is -4.61. The molecule has 0 saturated heterocycles. The molecule has 98 valence electrons. The van der Waals surface area contributed by atoms with Crippen molar-refractivity contribution in [2.24, 2.45) is 5.73 Å². The van der Waals surface area contributed by atoms with E-state index < -0.39 is 35.1 Å². The Bertz CT molecular complexity index is 487. The fourth-order valence-electron chi connectivity index (χ4n) is 1.09. The van der Waals surface area contributed by atoms with Gasteiger partial charge in [0.15, 0.2) is 12.4 Å². The molecule has 0 saturated carbocycles. The SMILES string of the molecule is NC(=O)c1ccc(OCC(F)(F)F)c([N+](=O)[O-])c1. The molecule has 0 atom stereocenters. The van der Waals surface area contributed by atoms with Crippen LogP contribution >= 0.6 is 0 Å². The highest BCUT2D eigenvalue weighted by Crippen LogP contribution is 2.29. The van der Waals surface area contributed by atoms with Crippen LogP contribution in [-0.4, -0.2) is 23.6 Å². The zero-order chi connectivity index (χ0) is 13.9. The van der Waals surface area contributed by atoms with E-state index in [9.17, 15) is 28.1 Å². The zero-order valence-electron chi connectivity index (χ0n) is 8.73. The third-order valence-corrected chi connectivity index (χ3v) is 1.83. The molecule has 1 aromatic rings. The molecule has 0 radical (unpaired) electrons. The molecule has 9 heteroatoms. The minimum Gasteiger partial charge on any atom is -0.477 e. The number of hydrogen-bond donors (Lipinski definition) is 1. The van der Waals surface area contributed by atoms with Crippen LogP contribution in [0.4, 0.5) is 18.9 Å². The van der Waals surface area contributed by atoms with E-state index in [-0.39, 0.29) is 5.56 Å². The lowest BCUT2D eigenvalue weighted by molar-refractivity contribution is -0.386. The number of nitrogens with two attached hydrogens (primary N) is 1. The molecule has 1 rings (SSSR count). The van der Waals surface area contributed by atoms with Crippen LogP contribution in [0.15, 0.2) is 18.2 Å². The van der Waals surface area contributed by atoms with Gasteiger partial charge in [-0.05, 0) is 12.1 Å². The maximum atomic E-state index is 11.9. The van der Waals surface area contributed by atoms with Crippen molar-refractivity contribution in [3.05, 3.63) is 33.9 Å². The van der Waals surface area contributed by atoms with Gasteiger partial charge in [0.25, 0.3) is 0 Å². The summed E-state index contributed by atoms with van der Waals surface area (Å²) >= 11 is 0. The first-order valence-corrected chi connectivity index (χ1v) is 4.48. The van der Waals surface area contributed by atoms with Crippen LogP contribution in [0.5, 0.6) is 5.75 Å². The third-order valence-electron chi connectivity index (χ3n) is 1.83. The summed E-state index contributed by atoms with van der Waals surface area (Å²) in [6, 6.07) is 2.69. The van der Waals surface area contributed by atoms with E-state index in [1.807, 2.05) is 0 Å². The summed E-state index contributed by atoms with van der Waals surface area (Å²) in [6.45, 7) is -1.66. The Hall–Kier alpha value is -2.32. The van der Waals surface area contributed by atoms with Gasteiger partial charge >= 0.3 is 11.9 Å². The smallest absolute Gasteiger partial charge is 0.422 e. The summed E-state index contributed by atoms with van der Waals surface area (Å²) in [7, 11) is 0. The average molecular weight is 264 g/mol. The number of amides is 1. The van der Waals surface area contributed by atoms with Crippen molar-refractivity contribution >= 4 is 11.6 Å². The summed E-state index contributed by atoms with van der Waals surface area (Å²) < 4.78 is 40.0. The standard InChI is InChI=1S/C9H7F3N2O4/c10-9(11,12)4-18-7-2-1-5(8(13)15)3-6(7)14(16)17/h1-3H,4H2,(H2,13,15). The molecule has 0 fully saturated rings. The van der Waals surface area contributed by atoms with Gasteiger partial charge in [-0.25, -0.2) is 0 Å². The highest BCUT2D eigenvalue weighted by molar-refractivity contribution is 5.93. The number of alkyl halides is 3. The van der Waals surface area contributed by atoms with Crippen molar-refractivity contribution in [2.45, 2.75) is 6.18 Å². The zero-order valence-corrected chi connectivity index (χ0v) is 8.73. The van der Waals surface area contributed by atoms with E-state index >= 15 is 0 Å². The number of benzene rings is 1. The lowest BCUT2D eigenvalue weighted by atomic mass is 10.2. The van der Waals surface area contributed by atoms with Gasteiger partial charge in [0.1, 0.15) is 0 Å². The first kappa shape index (κ1) is 13.7. The van der Waals surface area contributed by atoms with Gasteiger partial charge in [0, 0.05) is 11.6 Å². The first-order valence-electron chi connectivity index (χ1n) is 4.48. The predicted octanol–water partition coefficient (Wildman–Crippen LogP) is 1.63. The van der Waals surface area contributed by atoms with Crippen molar-refractivity contribution < 1.29 is 27.6 Å². The Morgan fingerprint density at radius 3 is 2.50 bits per heavy atom. The second kappa shape index (κ2) is 4.90. The van der Waals surface area contributed by atoms with Gasteiger partial charge in [-0.15, -0.1) is 0 Å². The van der Waals surface area contributed by atoms with E-state index in [4.69, 9.17) is 5.73 Å². The molecule has 1 amide bonds. The molecule has 0 unspecified atom stereocenters. The Labute approximate surface area is 98.3 Å². The average Bonchev–Trinajstić information content (AvgIpc) is 2.24. The second-order valence-corrected chi connectivity index (χ2v) is 3.21. The van der Waals surface area contributed by atoms with E-state index in [0.717, 1.165) is 18.2 Å². The normalized spacial score (nSPS) is 11.1. The lowest BCUT2D eigenvalue weighted by Gasteiger charge is -2.09. The number of nitro benzene ring substituents is 1. The number of nitrogens with zero attached hydrogens (tertiary/aromatic N) is 1. The molecule has 1 aromatic carbocycles. The molecule has 6 nitrogen and oxygen atoms in total. The van der Waals surface area contributed by atoms with Gasteiger partial charge in [0.2, 0.25) is 5.91 Å². The highest BCUT2D eigenvalue weighted by Gasteiger charge is 2.30. The maximum Gasteiger partial charge on any atom is 0.422 e. The van der Waals surface area contributed by atoms with Crippen LogP contribution in [0, 0.1) is 10.1 Å². The molecule has 0 spiro atoms. The Morgan fingerprint density at radius 1 is 1.44 bits per heavy atom. The van der Waals surface area contributed by atoms with Crippen LogP contribution in [-0.2, 0) is 0 Å². The monoisotopic (exact) mass is 264 g/mol. The van der Waals surface area contributed by atoms with Crippen LogP contribution in [0.25, 0.3) is 0 Å². The van der Waals surface area contributed by atoms with Crippen molar-refractivity contribution in [2.75, 3.05) is 6.61 Å². The van der Waals surface area contributed by atoms with Crippen LogP contribution < -0.4 is 10.5 Å². The topological polar surface area (TPSA) is 95.5 Å². The number of ether oxygens (including phenoxy) is 1. The molecular formula is C9H7F3N2O4. The molecule has 0 aliphatic carbocycles. The van der Waals surface area contributed by atoms with Crippen molar-refractivity contribution in [1.82, 2.24) is 0 Å². The van der Waals surface area contributed by atoms with E-state index in [0.29, 0.717) is 0 Å². The summed E-state index contributed by atoms with van der Waals surface area (Å²) in [5.41, 5.74) is 3.95. The number of carbonyl (C=O) groups excluding carboxylic acids is 1. The third kappa shape index (κ3) is 3.61. The Balaban J connectivity index is 3.05. The largest absolute Gasteiger partial charge is 0.477 e. The van der Waals surface area contributed by atoms with E-state index in [1.165, 1.54) is 0 Å². The number of primary amides is 1. The van der Waals surface area contributed by atoms with Gasteiger partial charge in [0.05, 0.1) is 4.92 Å². The van der Waals surface area contributed by atoms with Gasteiger partial charge in [-0.3, -0.25) is 14.9 Å². The number of hydrogen-bond acceptors (Lipinski definition) is 4. The first-order chi connectivity index (χ1) is 8.20. The number of halogens is 3. The van der Waals surface area contributed by atoms with E-state index in [1.54, 1.807) is 0 Å². The van der Waals surface area contributed by atoms with Crippen molar-refractivity contribution in [3.8, 4) is 5.75 Å². The number of rotatable bonds is 4. The summed E-state index contributed by atoms with van der Waals surface area (Å²) in [6.07, 6.45) is -4.61. The van der Waals surface area contributed by atoms with Gasteiger partial charge in [-0.1, -0.05) is 0 Å². The van der Waals surface area contributed by atoms with Crippen molar-refractivity contribution in [3.63, 3.8) is 0 Å². The van der Waals surface area contributed by atoms with Crippen LogP contribution in [0.2, 0.25) is 0 Å². The highest BCUT2D eigenvalue weighted by atomic mass is 19.4. The molecule has 0 bridgehead atoms. The van der Waals surface area contributed by atoms with Gasteiger partial charge in [-0.2, -0.15) is 13.2 Å². The molecular weight excluding hydrogens is 257 g/mol. The quantitative estimate of drug-likeness (QED) is 0.660. The van der Waals surface area contributed by atoms with Gasteiger partial charge < -0.3 is 10.5 Å². The van der Waals surface area contributed by atoms with E-state index in [2.05, 4.69) is 4.74 Å². The fraction of sp³-hybridized carbons (Fsp3) is 0.222.